The van der Waals surface area contributed by atoms with Crippen LogP contribution in [0, 0.1) is 0 Å². The molecule has 1 unspecified atom stereocenters. The van der Waals surface area contributed by atoms with Crippen LogP contribution in [0.15, 0.2) is 53.4 Å². The van der Waals surface area contributed by atoms with E-state index >= 15 is 0 Å². The van der Waals surface area contributed by atoms with Crippen LogP contribution in [0.2, 0.25) is 0 Å². The molecule has 2 heteroatoms. The van der Waals surface area contributed by atoms with Gasteiger partial charge in [-0.2, -0.15) is 0 Å². The number of hydrogen-bond acceptors (Lipinski definition) is 1. The molecular weight excluding hydrogens is 300 g/mol. The number of aryl methyl sites for hydroxylation is 1. The molecule has 2 aromatic carbocycles. The average Bonchev–Trinajstić information content (AvgIpc) is 2.55. The Bertz CT molecular complexity index is 730. The molecule has 1 nitrogen and oxygen atoms in total. The largest absolute Gasteiger partial charge is 0.263 e. The summed E-state index contributed by atoms with van der Waals surface area (Å²) in [6.07, 6.45) is 1.83. The van der Waals surface area contributed by atoms with Crippen LogP contribution in [-0.2, 0) is 21.7 Å². The van der Waals surface area contributed by atoms with Gasteiger partial charge in [-0.15, -0.1) is 0 Å². The second-order valence-corrected chi connectivity index (χ2v) is 8.89. The molecule has 23 heavy (non-hydrogen) atoms. The summed E-state index contributed by atoms with van der Waals surface area (Å²) >= 11 is 0. The standard InChI is InChI=1S/C21H28OS/c1-5-15-23(22,21-13-9-18(6-2)10-14-21)16-19-7-11-20(12-8-19)17(3)4/h7-15,17H,5-6,16H2,1-4H3. The van der Waals surface area contributed by atoms with E-state index in [0.717, 1.165) is 23.3 Å². The Hall–Kier alpha value is -1.54. The first-order valence-electron chi connectivity index (χ1n) is 8.51. The molecule has 0 aliphatic heterocycles. The lowest BCUT2D eigenvalue weighted by Crippen LogP contribution is -2.09. The minimum atomic E-state index is -2.15. The van der Waals surface area contributed by atoms with Gasteiger partial charge in [-0.05, 0) is 53.0 Å². The fourth-order valence-corrected chi connectivity index (χ4v) is 5.01. The predicted molar refractivity (Wildman–Crippen MR) is 103 cm³/mol. The molecule has 0 radical (unpaired) electrons. The van der Waals surface area contributed by atoms with Crippen molar-refractivity contribution in [3.63, 3.8) is 0 Å². The summed E-state index contributed by atoms with van der Waals surface area (Å²) in [5.41, 5.74) is 3.75. The Balaban J connectivity index is 2.33. The van der Waals surface area contributed by atoms with Crippen LogP contribution in [0.1, 0.15) is 56.7 Å². The Kier molecular flexibility index (Phi) is 6.06. The Morgan fingerprint density at radius 2 is 1.48 bits per heavy atom. The summed E-state index contributed by atoms with van der Waals surface area (Å²) in [5, 5.41) is 1.99. The normalized spacial score (nSPS) is 13.8. The molecule has 0 aromatic heterocycles. The molecule has 0 saturated heterocycles. The van der Waals surface area contributed by atoms with Gasteiger partial charge >= 0.3 is 0 Å². The van der Waals surface area contributed by atoms with Crippen LogP contribution in [0.25, 0.3) is 0 Å². The third-order valence-electron chi connectivity index (χ3n) is 4.19. The molecule has 0 aliphatic carbocycles. The molecule has 0 aliphatic rings. The first kappa shape index (κ1) is 17.8. The molecule has 0 spiro atoms. The van der Waals surface area contributed by atoms with E-state index < -0.39 is 9.52 Å². The molecule has 0 N–H and O–H groups in total. The van der Waals surface area contributed by atoms with Crippen molar-refractivity contribution in [3.8, 4) is 0 Å². The van der Waals surface area contributed by atoms with Gasteiger partial charge in [0.15, 0.2) is 0 Å². The summed E-state index contributed by atoms with van der Waals surface area (Å²) in [4.78, 5) is 0.949. The van der Waals surface area contributed by atoms with Crippen molar-refractivity contribution in [2.24, 2.45) is 0 Å². The van der Waals surface area contributed by atoms with E-state index in [1.807, 2.05) is 17.5 Å². The summed E-state index contributed by atoms with van der Waals surface area (Å²) in [6.45, 7) is 8.58. The van der Waals surface area contributed by atoms with E-state index in [0.29, 0.717) is 11.7 Å². The van der Waals surface area contributed by atoms with Crippen molar-refractivity contribution in [1.29, 1.82) is 0 Å². The molecule has 1 atom stereocenters. The molecule has 0 saturated carbocycles. The van der Waals surface area contributed by atoms with Gasteiger partial charge in [-0.1, -0.05) is 64.1 Å². The van der Waals surface area contributed by atoms with E-state index in [1.165, 1.54) is 11.1 Å². The van der Waals surface area contributed by atoms with Crippen molar-refractivity contribution < 1.29 is 4.21 Å². The zero-order valence-electron chi connectivity index (χ0n) is 14.7. The Morgan fingerprint density at radius 1 is 0.913 bits per heavy atom. The molecule has 2 aromatic rings. The molecule has 0 fully saturated rings. The van der Waals surface area contributed by atoms with Crippen LogP contribution in [0.4, 0.5) is 0 Å². The number of rotatable bonds is 6. The van der Waals surface area contributed by atoms with Crippen molar-refractivity contribution in [2.45, 2.75) is 57.1 Å². The topological polar surface area (TPSA) is 17.1 Å². The van der Waals surface area contributed by atoms with Crippen LogP contribution in [0.5, 0.6) is 0 Å². The van der Waals surface area contributed by atoms with Gasteiger partial charge in [0.1, 0.15) is 0 Å². The maximum Gasteiger partial charge on any atom is 0.0455 e. The van der Waals surface area contributed by atoms with Crippen molar-refractivity contribution in [3.05, 3.63) is 65.2 Å². The Labute approximate surface area is 141 Å². The maximum absolute atomic E-state index is 13.5. The second-order valence-electron chi connectivity index (χ2n) is 6.34. The highest BCUT2D eigenvalue weighted by atomic mass is 32.2. The van der Waals surface area contributed by atoms with Crippen molar-refractivity contribution in [2.75, 3.05) is 0 Å². The van der Waals surface area contributed by atoms with Gasteiger partial charge < -0.3 is 0 Å². The summed E-state index contributed by atoms with van der Waals surface area (Å²) < 4.78 is 13.5. The SMILES string of the molecule is CCC=S(=O)(Cc1ccc(C(C)C)cc1)c1ccc(CC)cc1. The highest BCUT2D eigenvalue weighted by Gasteiger charge is 2.12. The minimum absolute atomic E-state index is 0.525. The predicted octanol–water partition coefficient (Wildman–Crippen LogP) is 5.43. The molecular formula is C21H28OS. The molecule has 0 heterocycles. The van der Waals surface area contributed by atoms with E-state index in [2.05, 4.69) is 64.1 Å². The average molecular weight is 329 g/mol. The van der Waals surface area contributed by atoms with Crippen LogP contribution >= 0.6 is 0 Å². The van der Waals surface area contributed by atoms with Gasteiger partial charge in [-0.25, -0.2) is 0 Å². The second kappa shape index (κ2) is 7.83. The van der Waals surface area contributed by atoms with Crippen molar-refractivity contribution in [1.82, 2.24) is 0 Å². The third-order valence-corrected chi connectivity index (χ3v) is 6.90. The highest BCUT2D eigenvalue weighted by molar-refractivity contribution is 8.00. The number of benzene rings is 2. The van der Waals surface area contributed by atoms with Crippen LogP contribution in [0.3, 0.4) is 0 Å². The monoisotopic (exact) mass is 328 g/mol. The Morgan fingerprint density at radius 3 is 1.96 bits per heavy atom. The van der Waals surface area contributed by atoms with E-state index in [1.54, 1.807) is 0 Å². The van der Waals surface area contributed by atoms with E-state index in [-0.39, 0.29) is 0 Å². The third kappa shape index (κ3) is 4.48. The summed E-state index contributed by atoms with van der Waals surface area (Å²) in [7, 11) is -2.15. The van der Waals surface area contributed by atoms with Crippen LogP contribution in [-0.4, -0.2) is 9.58 Å². The van der Waals surface area contributed by atoms with Gasteiger partial charge in [0, 0.05) is 20.2 Å². The molecule has 2 rings (SSSR count). The lowest BCUT2D eigenvalue weighted by Gasteiger charge is -2.13. The van der Waals surface area contributed by atoms with Gasteiger partial charge in [0.05, 0.1) is 0 Å². The lowest BCUT2D eigenvalue weighted by atomic mass is 10.0. The first-order valence-corrected chi connectivity index (χ1v) is 10.3. The quantitative estimate of drug-likeness (QED) is 0.646. The summed E-state index contributed by atoms with van der Waals surface area (Å²) in [6, 6.07) is 16.8. The van der Waals surface area contributed by atoms with Gasteiger partial charge in [-0.3, -0.25) is 4.21 Å². The molecule has 0 amide bonds. The fourth-order valence-electron chi connectivity index (χ4n) is 2.71. The van der Waals surface area contributed by atoms with Crippen LogP contribution < -0.4 is 0 Å². The fraction of sp³-hybridized carbons (Fsp3) is 0.381. The number of hydrogen-bond donors (Lipinski definition) is 0. The highest BCUT2D eigenvalue weighted by Crippen LogP contribution is 2.21. The smallest absolute Gasteiger partial charge is 0.0455 e. The molecule has 124 valence electrons. The zero-order valence-corrected chi connectivity index (χ0v) is 15.5. The maximum atomic E-state index is 13.5. The summed E-state index contributed by atoms with van der Waals surface area (Å²) in [5.74, 6) is 1.11. The lowest BCUT2D eigenvalue weighted by molar-refractivity contribution is 0.680. The zero-order chi connectivity index (χ0) is 16.9. The van der Waals surface area contributed by atoms with Gasteiger partial charge in [0.25, 0.3) is 0 Å². The van der Waals surface area contributed by atoms with E-state index in [9.17, 15) is 4.21 Å². The minimum Gasteiger partial charge on any atom is -0.263 e. The van der Waals surface area contributed by atoms with Crippen molar-refractivity contribution >= 4 is 14.9 Å². The van der Waals surface area contributed by atoms with Gasteiger partial charge in [0.2, 0.25) is 0 Å². The van der Waals surface area contributed by atoms with E-state index in [4.69, 9.17) is 0 Å². The first-order chi connectivity index (χ1) is 11.0. The molecule has 0 bridgehead atoms.